The van der Waals surface area contributed by atoms with E-state index in [1.165, 1.54) is 15.2 Å². The summed E-state index contributed by atoms with van der Waals surface area (Å²) >= 11 is 0. The fourth-order valence-electron chi connectivity index (χ4n) is 3.32. The Hall–Kier alpha value is -3.11. The molecule has 156 valence electrons. The van der Waals surface area contributed by atoms with Crippen molar-refractivity contribution in [1.82, 2.24) is 19.3 Å². The lowest BCUT2D eigenvalue weighted by Gasteiger charge is -2.26. The highest BCUT2D eigenvalue weighted by Crippen LogP contribution is 2.24. The Kier molecular flexibility index (Phi) is 5.60. The van der Waals surface area contributed by atoms with Crippen LogP contribution in [0, 0.1) is 5.82 Å². The second-order valence-corrected chi connectivity index (χ2v) is 8.84. The fraction of sp³-hybridized carbons (Fsp3) is 0.250. The number of halogens is 1. The van der Waals surface area contributed by atoms with Crippen molar-refractivity contribution in [3.8, 4) is 5.69 Å². The molecule has 0 spiro atoms. The van der Waals surface area contributed by atoms with Crippen LogP contribution < -0.4 is 5.32 Å². The fourth-order valence-corrected chi connectivity index (χ4v) is 4.92. The Morgan fingerprint density at radius 3 is 2.30 bits per heavy atom. The zero-order valence-electron chi connectivity index (χ0n) is 16.0. The molecule has 0 unspecified atom stereocenters. The summed E-state index contributed by atoms with van der Waals surface area (Å²) in [7, 11) is -3.99. The third-order valence-electron chi connectivity index (χ3n) is 4.90. The minimum Gasteiger partial charge on any atom is -0.322 e. The summed E-state index contributed by atoms with van der Waals surface area (Å²) in [6.45, 7) is 0.714. The van der Waals surface area contributed by atoms with E-state index in [1.54, 1.807) is 36.7 Å². The molecule has 1 N–H and O–H groups in total. The highest BCUT2D eigenvalue weighted by atomic mass is 32.2. The molecule has 3 aromatic rings. The molecule has 1 amide bonds. The Labute approximate surface area is 173 Å². The number of carbonyl (C=O) groups excluding carboxylic acids is 1. The molecule has 1 aromatic heterocycles. The van der Waals surface area contributed by atoms with Crippen LogP contribution in [0.25, 0.3) is 5.69 Å². The molecule has 0 aliphatic carbocycles. The number of nitrogens with one attached hydrogen (secondary N) is 1. The van der Waals surface area contributed by atoms with E-state index in [1.807, 2.05) is 0 Å². The van der Waals surface area contributed by atoms with Crippen LogP contribution in [-0.2, 0) is 10.0 Å². The first-order valence-electron chi connectivity index (χ1n) is 9.53. The van der Waals surface area contributed by atoms with E-state index in [-0.39, 0.29) is 5.56 Å². The third-order valence-corrected chi connectivity index (χ3v) is 6.81. The Bertz CT molecular complexity index is 1140. The molecule has 30 heavy (non-hydrogen) atoms. The molecule has 0 atom stereocenters. The summed E-state index contributed by atoms with van der Waals surface area (Å²) in [6.07, 6.45) is 5.54. The van der Waals surface area contributed by atoms with E-state index in [4.69, 9.17) is 0 Å². The maximum atomic E-state index is 14.3. The van der Waals surface area contributed by atoms with Crippen molar-refractivity contribution in [3.63, 3.8) is 0 Å². The van der Waals surface area contributed by atoms with Crippen LogP contribution in [0.4, 0.5) is 10.1 Å². The van der Waals surface area contributed by atoms with Crippen molar-refractivity contribution in [3.05, 3.63) is 66.2 Å². The summed E-state index contributed by atoms with van der Waals surface area (Å²) < 4.78 is 41.3. The van der Waals surface area contributed by atoms with Crippen molar-refractivity contribution < 1.29 is 17.6 Å². The lowest BCUT2D eigenvalue weighted by molar-refractivity contribution is 0.102. The Morgan fingerprint density at radius 2 is 1.63 bits per heavy atom. The molecule has 10 heteroatoms. The molecule has 8 nitrogen and oxygen atoms in total. The second-order valence-electron chi connectivity index (χ2n) is 6.93. The van der Waals surface area contributed by atoms with E-state index in [2.05, 4.69) is 15.5 Å². The highest BCUT2D eigenvalue weighted by molar-refractivity contribution is 7.89. The van der Waals surface area contributed by atoms with Gasteiger partial charge in [0.2, 0.25) is 10.0 Å². The first-order chi connectivity index (χ1) is 14.4. The van der Waals surface area contributed by atoms with Gasteiger partial charge >= 0.3 is 0 Å². The number of anilines is 1. The molecule has 0 radical (unpaired) electrons. The van der Waals surface area contributed by atoms with Gasteiger partial charge in [0.25, 0.3) is 5.91 Å². The largest absolute Gasteiger partial charge is 0.322 e. The number of nitrogens with zero attached hydrogens (tertiary/aromatic N) is 4. The van der Waals surface area contributed by atoms with Gasteiger partial charge in [0, 0.05) is 24.3 Å². The van der Waals surface area contributed by atoms with Crippen molar-refractivity contribution in [1.29, 1.82) is 0 Å². The monoisotopic (exact) mass is 429 g/mol. The van der Waals surface area contributed by atoms with E-state index in [0.717, 1.165) is 37.1 Å². The van der Waals surface area contributed by atoms with Crippen molar-refractivity contribution in [2.24, 2.45) is 0 Å². The maximum Gasteiger partial charge on any atom is 0.255 e. The van der Waals surface area contributed by atoms with Crippen LogP contribution in [0.2, 0.25) is 0 Å². The summed E-state index contributed by atoms with van der Waals surface area (Å²) in [5.41, 5.74) is 1.28. The number of hydrogen-bond acceptors (Lipinski definition) is 5. The van der Waals surface area contributed by atoms with E-state index in [9.17, 15) is 17.6 Å². The predicted octanol–water partition coefficient (Wildman–Crippen LogP) is 2.83. The molecule has 2 heterocycles. The molecule has 1 saturated heterocycles. The molecule has 1 aliphatic heterocycles. The molecule has 2 aromatic carbocycles. The zero-order chi connectivity index (χ0) is 21.1. The van der Waals surface area contributed by atoms with Crippen LogP contribution in [0.5, 0.6) is 0 Å². The Balaban J connectivity index is 1.54. The normalized spacial score (nSPS) is 15.1. The minimum absolute atomic E-state index is 0.0600. The maximum absolute atomic E-state index is 14.3. The van der Waals surface area contributed by atoms with Crippen molar-refractivity contribution >= 4 is 21.6 Å². The van der Waals surface area contributed by atoms with Crippen LogP contribution in [0.1, 0.15) is 29.6 Å². The van der Waals surface area contributed by atoms with Crippen LogP contribution in [-0.4, -0.2) is 46.7 Å². The number of carbonyl (C=O) groups is 1. The smallest absolute Gasteiger partial charge is 0.255 e. The van der Waals surface area contributed by atoms with Gasteiger partial charge in [-0.15, -0.1) is 0 Å². The van der Waals surface area contributed by atoms with Crippen LogP contribution in [0.3, 0.4) is 0 Å². The number of amides is 1. The van der Waals surface area contributed by atoms with E-state index >= 15 is 0 Å². The Morgan fingerprint density at radius 1 is 0.967 bits per heavy atom. The molecule has 0 bridgehead atoms. The minimum atomic E-state index is -3.99. The topological polar surface area (TPSA) is 97.2 Å². The molecular weight excluding hydrogens is 409 g/mol. The van der Waals surface area contributed by atoms with E-state index in [0.29, 0.717) is 18.8 Å². The van der Waals surface area contributed by atoms with Crippen LogP contribution in [0.15, 0.2) is 59.8 Å². The molecule has 1 aliphatic rings. The first kappa shape index (κ1) is 20.2. The second kappa shape index (κ2) is 8.33. The zero-order valence-corrected chi connectivity index (χ0v) is 16.8. The standard InChI is InChI=1S/C20H20FN5O3S/c21-18-9-4-15(14-19(18)30(28,29)25-12-2-1-3-13-25)20(27)24-16-5-7-17(8-6-16)26-22-10-11-23-26/h4-11,14H,1-3,12-13H2,(H,24,27). The van der Waals surface area contributed by atoms with Gasteiger partial charge in [0.15, 0.2) is 0 Å². The number of rotatable bonds is 5. The molecule has 1 fully saturated rings. The van der Waals surface area contributed by atoms with Gasteiger partial charge < -0.3 is 5.32 Å². The first-order valence-corrected chi connectivity index (χ1v) is 11.0. The van der Waals surface area contributed by atoms with Gasteiger partial charge in [-0.2, -0.15) is 19.3 Å². The predicted molar refractivity (Wildman–Crippen MR) is 108 cm³/mol. The van der Waals surface area contributed by atoms with Crippen molar-refractivity contribution in [2.45, 2.75) is 24.2 Å². The van der Waals surface area contributed by atoms with Gasteiger partial charge in [0.05, 0.1) is 18.1 Å². The SMILES string of the molecule is O=C(Nc1ccc(-n2nccn2)cc1)c1ccc(F)c(S(=O)(=O)N2CCCCC2)c1. The summed E-state index contributed by atoms with van der Waals surface area (Å²) in [5, 5.41) is 10.7. The summed E-state index contributed by atoms with van der Waals surface area (Å²) in [5.74, 6) is -1.40. The van der Waals surface area contributed by atoms with Gasteiger partial charge in [-0.05, 0) is 55.3 Å². The lowest BCUT2D eigenvalue weighted by atomic mass is 10.2. The average molecular weight is 429 g/mol. The number of piperidine rings is 1. The molecule has 4 rings (SSSR count). The van der Waals surface area contributed by atoms with Gasteiger partial charge in [0.1, 0.15) is 10.7 Å². The van der Waals surface area contributed by atoms with Crippen molar-refractivity contribution in [2.75, 3.05) is 18.4 Å². The number of benzene rings is 2. The molecular formula is C20H20FN5O3S. The van der Waals surface area contributed by atoms with Gasteiger partial charge in [-0.25, -0.2) is 12.8 Å². The lowest BCUT2D eigenvalue weighted by Crippen LogP contribution is -2.36. The quantitative estimate of drug-likeness (QED) is 0.673. The van der Waals surface area contributed by atoms with Crippen LogP contribution >= 0.6 is 0 Å². The summed E-state index contributed by atoms with van der Waals surface area (Å²) in [4.78, 5) is 13.6. The summed E-state index contributed by atoms with van der Waals surface area (Å²) in [6, 6.07) is 10.2. The third kappa shape index (κ3) is 4.10. The molecule has 0 saturated carbocycles. The van der Waals surface area contributed by atoms with Gasteiger partial charge in [-0.3, -0.25) is 4.79 Å². The van der Waals surface area contributed by atoms with E-state index < -0.39 is 26.6 Å². The number of hydrogen-bond donors (Lipinski definition) is 1. The average Bonchev–Trinajstić information content (AvgIpc) is 3.30. The van der Waals surface area contributed by atoms with Gasteiger partial charge in [-0.1, -0.05) is 6.42 Å². The number of sulfonamides is 1. The number of aromatic nitrogens is 3. The highest BCUT2D eigenvalue weighted by Gasteiger charge is 2.29.